The smallest absolute Gasteiger partial charge is 0.245 e. The molecular formula is C38H41N5O2. The van der Waals surface area contributed by atoms with E-state index in [1.807, 2.05) is 29.2 Å². The van der Waals surface area contributed by atoms with Crippen LogP contribution in [0.3, 0.4) is 0 Å². The highest BCUT2D eigenvalue weighted by molar-refractivity contribution is 5.89. The number of hydrogen-bond donors (Lipinski definition) is 1. The van der Waals surface area contributed by atoms with Crippen LogP contribution in [0.2, 0.25) is 0 Å². The first-order valence-corrected chi connectivity index (χ1v) is 16.3. The van der Waals surface area contributed by atoms with Crippen molar-refractivity contribution in [2.75, 3.05) is 33.2 Å². The standard InChI is InChI=1S/C38H41N5O2/c1-41-21-17-30(18-22-41)37(44)40-34(26-27-15-16-28-9-5-6-12-31(28)25-27)38(45)42-23-19-32(20-24-42)43-35-14-8-7-13-33(35)39-36(43)29-10-3-2-4-11-29/h2-16,25,30,32,34H,17-24,26H2,1H3,(H,40,44)/t34-/m1/s1. The minimum atomic E-state index is -0.594. The van der Waals surface area contributed by atoms with E-state index in [9.17, 15) is 9.59 Å². The van der Waals surface area contributed by atoms with Crippen LogP contribution in [-0.2, 0) is 16.0 Å². The fourth-order valence-electron chi connectivity index (χ4n) is 7.13. The summed E-state index contributed by atoms with van der Waals surface area (Å²) in [6.45, 7) is 3.09. The molecule has 0 aliphatic carbocycles. The monoisotopic (exact) mass is 599 g/mol. The van der Waals surface area contributed by atoms with E-state index in [0.717, 1.165) is 72.1 Å². The molecule has 0 unspecified atom stereocenters. The van der Waals surface area contributed by atoms with Crippen LogP contribution in [0.5, 0.6) is 0 Å². The lowest BCUT2D eigenvalue weighted by Gasteiger charge is -2.36. The van der Waals surface area contributed by atoms with Crippen molar-refractivity contribution in [3.8, 4) is 11.4 Å². The van der Waals surface area contributed by atoms with Gasteiger partial charge < -0.3 is 19.7 Å². The van der Waals surface area contributed by atoms with Crippen LogP contribution in [0.15, 0.2) is 97.1 Å². The van der Waals surface area contributed by atoms with Crippen molar-refractivity contribution in [1.82, 2.24) is 24.7 Å². The van der Waals surface area contributed by atoms with Gasteiger partial charge in [-0.25, -0.2) is 4.98 Å². The van der Waals surface area contributed by atoms with Crippen molar-refractivity contribution in [3.05, 3.63) is 103 Å². The summed E-state index contributed by atoms with van der Waals surface area (Å²) in [5.74, 6) is 0.946. The first kappa shape index (κ1) is 29.2. The summed E-state index contributed by atoms with van der Waals surface area (Å²) in [5, 5.41) is 5.54. The minimum absolute atomic E-state index is 0.00881. The summed E-state index contributed by atoms with van der Waals surface area (Å²) < 4.78 is 2.38. The molecule has 2 aliphatic rings. The summed E-state index contributed by atoms with van der Waals surface area (Å²) in [6, 6.07) is 32.9. The molecule has 2 amide bonds. The van der Waals surface area contributed by atoms with Gasteiger partial charge in [-0.2, -0.15) is 0 Å². The molecule has 45 heavy (non-hydrogen) atoms. The summed E-state index contributed by atoms with van der Waals surface area (Å²) in [4.78, 5) is 37.0. The number of piperidine rings is 2. The third-order valence-corrected chi connectivity index (χ3v) is 9.73. The molecule has 2 aliphatic heterocycles. The van der Waals surface area contributed by atoms with Crippen LogP contribution in [0.4, 0.5) is 0 Å². The fourth-order valence-corrected chi connectivity index (χ4v) is 7.13. The zero-order chi connectivity index (χ0) is 30.8. The predicted octanol–water partition coefficient (Wildman–Crippen LogP) is 6.09. The van der Waals surface area contributed by atoms with Crippen molar-refractivity contribution in [3.63, 3.8) is 0 Å². The number of likely N-dealkylation sites (tertiary alicyclic amines) is 2. The van der Waals surface area contributed by atoms with Gasteiger partial charge in [0, 0.05) is 37.0 Å². The normalized spacial score (nSPS) is 17.5. The maximum absolute atomic E-state index is 14.2. The summed E-state index contributed by atoms with van der Waals surface area (Å²) in [6.07, 6.45) is 3.79. The summed E-state index contributed by atoms with van der Waals surface area (Å²) in [5.41, 5.74) is 4.27. The molecule has 7 rings (SSSR count). The minimum Gasteiger partial charge on any atom is -0.344 e. The number of rotatable bonds is 7. The van der Waals surface area contributed by atoms with Gasteiger partial charge in [0.2, 0.25) is 11.8 Å². The molecule has 0 bridgehead atoms. The molecule has 0 radical (unpaired) electrons. The Hall–Kier alpha value is -4.49. The number of carbonyl (C=O) groups is 2. The van der Waals surface area contributed by atoms with E-state index in [-0.39, 0.29) is 23.8 Å². The molecule has 1 atom stereocenters. The van der Waals surface area contributed by atoms with E-state index >= 15 is 0 Å². The molecule has 1 N–H and O–H groups in total. The Balaban J connectivity index is 1.11. The molecule has 4 aromatic carbocycles. The third kappa shape index (κ3) is 6.22. The first-order valence-electron chi connectivity index (χ1n) is 16.3. The van der Waals surface area contributed by atoms with Gasteiger partial charge in [-0.3, -0.25) is 9.59 Å². The number of hydrogen-bond acceptors (Lipinski definition) is 4. The van der Waals surface area contributed by atoms with Crippen molar-refractivity contribution in [2.45, 2.75) is 44.2 Å². The highest BCUT2D eigenvalue weighted by atomic mass is 16.2. The fraction of sp³-hybridized carbons (Fsp3) is 0.342. The predicted molar refractivity (Wildman–Crippen MR) is 180 cm³/mol. The van der Waals surface area contributed by atoms with E-state index in [2.05, 4.69) is 94.6 Å². The number of imidazole rings is 1. The molecule has 1 aromatic heterocycles. The van der Waals surface area contributed by atoms with E-state index in [0.29, 0.717) is 19.5 Å². The Kier molecular flexibility index (Phi) is 8.35. The zero-order valence-electron chi connectivity index (χ0n) is 25.9. The second kappa shape index (κ2) is 12.9. The van der Waals surface area contributed by atoms with Crippen LogP contribution >= 0.6 is 0 Å². The molecule has 5 aromatic rings. The van der Waals surface area contributed by atoms with E-state index < -0.39 is 6.04 Å². The Morgan fingerprint density at radius 1 is 0.800 bits per heavy atom. The van der Waals surface area contributed by atoms with Crippen LogP contribution in [0, 0.1) is 5.92 Å². The van der Waals surface area contributed by atoms with E-state index in [1.165, 1.54) is 5.39 Å². The van der Waals surface area contributed by atoms with Gasteiger partial charge in [0.25, 0.3) is 0 Å². The van der Waals surface area contributed by atoms with Crippen LogP contribution in [0.1, 0.15) is 37.3 Å². The van der Waals surface area contributed by atoms with E-state index in [1.54, 1.807) is 0 Å². The molecule has 7 nitrogen and oxygen atoms in total. The maximum atomic E-state index is 14.2. The largest absolute Gasteiger partial charge is 0.344 e. The summed E-state index contributed by atoms with van der Waals surface area (Å²) >= 11 is 0. The molecule has 230 valence electrons. The molecule has 3 heterocycles. The van der Waals surface area contributed by atoms with E-state index in [4.69, 9.17) is 4.98 Å². The number of benzene rings is 4. The maximum Gasteiger partial charge on any atom is 0.245 e. The highest BCUT2D eigenvalue weighted by Crippen LogP contribution is 2.33. The van der Waals surface area contributed by atoms with Gasteiger partial charge in [-0.1, -0.05) is 84.9 Å². The topological polar surface area (TPSA) is 70.5 Å². The Bertz CT molecular complexity index is 1800. The number of nitrogens with zero attached hydrogens (tertiary/aromatic N) is 4. The zero-order valence-corrected chi connectivity index (χ0v) is 25.9. The molecule has 7 heteroatoms. The first-order chi connectivity index (χ1) is 22.0. The molecule has 2 saturated heterocycles. The number of fused-ring (bicyclic) bond motifs is 2. The van der Waals surface area contributed by atoms with Crippen molar-refractivity contribution < 1.29 is 9.59 Å². The SMILES string of the molecule is CN1CCC(C(=O)N[C@H](Cc2ccc3ccccc3c2)C(=O)N2CCC(n3c(-c4ccccc4)nc4ccccc43)CC2)CC1. The number of amides is 2. The quantitative estimate of drug-likeness (QED) is 0.246. The Morgan fingerprint density at radius 2 is 1.49 bits per heavy atom. The second-order valence-corrected chi connectivity index (χ2v) is 12.7. The number of nitrogens with one attached hydrogen (secondary N) is 1. The average molecular weight is 600 g/mol. The van der Waals surface area contributed by atoms with Gasteiger partial charge in [-0.15, -0.1) is 0 Å². The molecule has 0 saturated carbocycles. The average Bonchev–Trinajstić information content (AvgIpc) is 3.48. The number of carbonyl (C=O) groups excluding carboxylic acids is 2. The lowest BCUT2D eigenvalue weighted by Crippen LogP contribution is -2.53. The van der Waals surface area contributed by atoms with Crippen molar-refractivity contribution in [1.29, 1.82) is 0 Å². The van der Waals surface area contributed by atoms with Gasteiger partial charge in [0.15, 0.2) is 0 Å². The Labute approximate surface area is 264 Å². The second-order valence-electron chi connectivity index (χ2n) is 12.7. The van der Waals surface area contributed by atoms with Crippen LogP contribution < -0.4 is 5.32 Å². The van der Waals surface area contributed by atoms with Gasteiger partial charge in [0.05, 0.1) is 11.0 Å². The van der Waals surface area contributed by atoms with Crippen LogP contribution in [0.25, 0.3) is 33.2 Å². The lowest BCUT2D eigenvalue weighted by molar-refractivity contribution is -0.138. The molecular weight excluding hydrogens is 558 g/mol. The lowest BCUT2D eigenvalue weighted by atomic mass is 9.94. The van der Waals surface area contributed by atoms with Crippen LogP contribution in [-0.4, -0.2) is 70.4 Å². The number of aromatic nitrogens is 2. The van der Waals surface area contributed by atoms with Crippen molar-refractivity contribution >= 4 is 33.6 Å². The number of para-hydroxylation sites is 2. The Morgan fingerprint density at radius 3 is 2.27 bits per heavy atom. The highest BCUT2D eigenvalue weighted by Gasteiger charge is 2.33. The summed E-state index contributed by atoms with van der Waals surface area (Å²) in [7, 11) is 2.10. The van der Waals surface area contributed by atoms with Crippen molar-refractivity contribution in [2.24, 2.45) is 5.92 Å². The molecule has 0 spiro atoms. The van der Waals surface area contributed by atoms with Gasteiger partial charge in [-0.05, 0) is 74.3 Å². The molecule has 2 fully saturated rings. The van der Waals surface area contributed by atoms with Gasteiger partial charge in [0.1, 0.15) is 11.9 Å². The third-order valence-electron chi connectivity index (χ3n) is 9.73. The van der Waals surface area contributed by atoms with Gasteiger partial charge >= 0.3 is 0 Å².